The van der Waals surface area contributed by atoms with Crippen molar-refractivity contribution in [2.75, 3.05) is 0 Å². The highest BCUT2D eigenvalue weighted by atomic mass is 32.1. The van der Waals surface area contributed by atoms with Gasteiger partial charge in [0.2, 0.25) is 0 Å². The van der Waals surface area contributed by atoms with Gasteiger partial charge in [-0.25, -0.2) is 0 Å². The summed E-state index contributed by atoms with van der Waals surface area (Å²) >= 11 is 3.91. The number of aryl methyl sites for hydroxylation is 2. The Morgan fingerprint density at radius 2 is 0.812 bits per heavy atom. The van der Waals surface area contributed by atoms with Gasteiger partial charge < -0.3 is 0 Å². The summed E-state index contributed by atoms with van der Waals surface area (Å²) < 4.78 is 2.78. The van der Waals surface area contributed by atoms with E-state index in [9.17, 15) is 0 Å². The highest BCUT2D eigenvalue weighted by Crippen LogP contribution is 2.51. The first-order chi connectivity index (χ1) is 15.7. The van der Waals surface area contributed by atoms with E-state index >= 15 is 0 Å². The van der Waals surface area contributed by atoms with Crippen molar-refractivity contribution in [2.24, 2.45) is 0 Å². The van der Waals surface area contributed by atoms with Crippen molar-refractivity contribution >= 4 is 85.9 Å². The van der Waals surface area contributed by atoms with Gasteiger partial charge in [-0.05, 0) is 69.4 Å². The van der Waals surface area contributed by atoms with Gasteiger partial charge in [-0.2, -0.15) is 0 Å². The highest BCUT2D eigenvalue weighted by Gasteiger charge is 2.21. The Balaban J connectivity index is 1.53. The quantitative estimate of drug-likeness (QED) is 0.237. The van der Waals surface area contributed by atoms with Gasteiger partial charge in [-0.3, -0.25) is 0 Å². The second-order valence-corrected chi connectivity index (χ2v) is 11.2. The van der Waals surface area contributed by atoms with Crippen molar-refractivity contribution in [3.05, 3.63) is 83.9 Å². The van der Waals surface area contributed by atoms with Gasteiger partial charge in [0.25, 0.3) is 0 Å². The third-order valence-electron chi connectivity index (χ3n) is 7.03. The summed E-state index contributed by atoms with van der Waals surface area (Å²) in [7, 11) is 0. The van der Waals surface area contributed by atoms with Crippen LogP contribution in [-0.2, 0) is 0 Å². The Labute approximate surface area is 193 Å². The molecule has 0 aliphatic rings. The van der Waals surface area contributed by atoms with Crippen molar-refractivity contribution in [3.8, 4) is 9.75 Å². The molecule has 0 amide bonds. The molecular weight excluding hydrogens is 424 g/mol. The first-order valence-electron chi connectivity index (χ1n) is 11.0. The summed E-state index contributed by atoms with van der Waals surface area (Å²) in [6.45, 7) is 4.38. The molecule has 0 spiro atoms. The van der Waals surface area contributed by atoms with Crippen molar-refractivity contribution in [1.29, 1.82) is 0 Å². The molecule has 0 atom stereocenters. The van der Waals surface area contributed by atoms with Gasteiger partial charge in [-0.1, -0.05) is 60.7 Å². The van der Waals surface area contributed by atoms with E-state index in [-0.39, 0.29) is 0 Å². The molecule has 0 unspecified atom stereocenters. The second-order valence-electron chi connectivity index (χ2n) is 9.14. The Bertz CT molecular complexity index is 1810. The molecule has 150 valence electrons. The molecule has 2 aromatic heterocycles. The Morgan fingerprint density at radius 1 is 0.438 bits per heavy atom. The second kappa shape index (κ2) is 5.78. The third kappa shape index (κ3) is 2.07. The van der Waals surface area contributed by atoms with Crippen LogP contribution in [0.5, 0.6) is 0 Å². The van der Waals surface area contributed by atoms with Crippen molar-refractivity contribution in [3.63, 3.8) is 0 Å². The van der Waals surface area contributed by atoms with Crippen molar-refractivity contribution in [1.82, 2.24) is 0 Å². The van der Waals surface area contributed by atoms with E-state index in [1.165, 1.54) is 84.1 Å². The van der Waals surface area contributed by atoms with E-state index in [1.807, 2.05) is 22.7 Å². The third-order valence-corrected chi connectivity index (χ3v) is 9.53. The van der Waals surface area contributed by atoms with Gasteiger partial charge in [0.15, 0.2) is 0 Å². The fourth-order valence-corrected chi connectivity index (χ4v) is 8.35. The lowest BCUT2D eigenvalue weighted by Crippen LogP contribution is -1.82. The van der Waals surface area contributed by atoms with E-state index in [4.69, 9.17) is 0 Å². The number of rotatable bonds is 1. The van der Waals surface area contributed by atoms with Crippen LogP contribution in [-0.4, -0.2) is 0 Å². The van der Waals surface area contributed by atoms with Gasteiger partial charge >= 0.3 is 0 Å². The van der Waals surface area contributed by atoms with Crippen LogP contribution in [0.15, 0.2) is 72.8 Å². The summed E-state index contributed by atoms with van der Waals surface area (Å²) in [5.74, 6) is 0. The largest absolute Gasteiger partial charge is 0.134 e. The molecular formula is C30H18S2. The molecule has 0 saturated carbocycles. The summed E-state index contributed by atoms with van der Waals surface area (Å²) in [6, 6.07) is 27.9. The van der Waals surface area contributed by atoms with Crippen LogP contribution >= 0.6 is 22.7 Å². The minimum Gasteiger partial charge on any atom is -0.134 e. The molecule has 2 heteroatoms. The zero-order valence-corrected chi connectivity index (χ0v) is 19.4. The van der Waals surface area contributed by atoms with E-state index < -0.39 is 0 Å². The summed E-state index contributed by atoms with van der Waals surface area (Å²) in [5, 5.41) is 13.9. The molecule has 0 saturated heterocycles. The molecule has 2 heterocycles. The lowest BCUT2D eigenvalue weighted by Gasteiger charge is -2.08. The van der Waals surface area contributed by atoms with E-state index in [1.54, 1.807) is 0 Å². The molecule has 0 fully saturated rings. The predicted octanol–water partition coefficient (Wildman–Crippen LogP) is 9.89. The van der Waals surface area contributed by atoms with Crippen molar-refractivity contribution in [2.45, 2.75) is 13.8 Å². The average molecular weight is 443 g/mol. The van der Waals surface area contributed by atoms with E-state index in [2.05, 4.69) is 86.6 Å². The smallest absolute Gasteiger partial charge is 0.0534 e. The lowest BCUT2D eigenvalue weighted by atomic mass is 9.94. The van der Waals surface area contributed by atoms with Gasteiger partial charge in [0, 0.05) is 30.9 Å². The molecule has 0 N–H and O–H groups in total. The maximum atomic E-state index is 2.35. The lowest BCUT2D eigenvalue weighted by molar-refractivity contribution is 1.53. The number of thiophene rings is 2. The maximum absolute atomic E-state index is 2.35. The number of hydrogen-bond donors (Lipinski definition) is 0. The Hall–Kier alpha value is -3.20. The van der Waals surface area contributed by atoms with Gasteiger partial charge in [0.1, 0.15) is 0 Å². The Kier molecular flexibility index (Phi) is 3.13. The van der Waals surface area contributed by atoms with E-state index in [0.29, 0.717) is 0 Å². The Morgan fingerprint density at radius 3 is 1.22 bits per heavy atom. The molecule has 32 heavy (non-hydrogen) atoms. The van der Waals surface area contributed by atoms with Crippen LogP contribution in [0.1, 0.15) is 11.1 Å². The fourth-order valence-electron chi connectivity index (χ4n) is 5.80. The molecule has 0 aliphatic heterocycles. The maximum Gasteiger partial charge on any atom is 0.0534 e. The highest BCUT2D eigenvalue weighted by molar-refractivity contribution is 7.30. The van der Waals surface area contributed by atoms with Crippen molar-refractivity contribution < 1.29 is 0 Å². The van der Waals surface area contributed by atoms with Gasteiger partial charge in [0.05, 0.1) is 9.75 Å². The topological polar surface area (TPSA) is 0 Å². The average Bonchev–Trinajstić information content (AvgIpc) is 3.35. The monoisotopic (exact) mass is 442 g/mol. The molecule has 0 aliphatic carbocycles. The SMILES string of the molecule is Cc1cc2ccc3sc(-c4sc5ccc6cc(C)cc7ccc4c5c67)c4ccc(c1)c2c34. The van der Waals surface area contributed by atoms with Crippen LogP contribution < -0.4 is 0 Å². The molecule has 0 bridgehead atoms. The number of hydrogen-bond acceptors (Lipinski definition) is 2. The molecule has 6 aromatic carbocycles. The first kappa shape index (κ1) is 17.4. The van der Waals surface area contributed by atoms with Gasteiger partial charge in [-0.15, -0.1) is 22.7 Å². The molecule has 8 aromatic rings. The summed E-state index contributed by atoms with van der Waals surface area (Å²) in [5.41, 5.74) is 2.65. The summed E-state index contributed by atoms with van der Waals surface area (Å²) in [6.07, 6.45) is 0. The van der Waals surface area contributed by atoms with E-state index in [0.717, 1.165) is 0 Å². The standard InChI is InChI=1S/C30H18S2/c1-15-11-17-3-7-21-27-23(9-5-19(13-15)25(17)27)31-29(21)30-22-8-4-18-12-16(2)14-20-6-10-24(32-30)28(22)26(18)20/h3-14H,1-2H3. The van der Waals surface area contributed by atoms with Crippen LogP contribution in [0.2, 0.25) is 0 Å². The summed E-state index contributed by atoms with van der Waals surface area (Å²) in [4.78, 5) is 2.83. The normalized spacial score (nSPS) is 12.7. The fraction of sp³-hybridized carbons (Fsp3) is 0.0667. The molecule has 0 radical (unpaired) electrons. The zero-order valence-electron chi connectivity index (χ0n) is 17.7. The zero-order chi connectivity index (χ0) is 21.1. The minimum atomic E-state index is 1.33. The molecule has 8 rings (SSSR count). The minimum absolute atomic E-state index is 1.33. The number of benzene rings is 6. The van der Waals surface area contributed by atoms with Crippen LogP contribution in [0.4, 0.5) is 0 Å². The predicted molar refractivity (Wildman–Crippen MR) is 145 cm³/mol. The first-order valence-corrected chi connectivity index (χ1v) is 12.7. The van der Waals surface area contributed by atoms with Crippen LogP contribution in [0.25, 0.3) is 73.0 Å². The van der Waals surface area contributed by atoms with Crippen LogP contribution in [0, 0.1) is 13.8 Å². The van der Waals surface area contributed by atoms with Crippen LogP contribution in [0.3, 0.4) is 0 Å². The molecule has 0 nitrogen and oxygen atoms in total.